The number of aliphatic hydroxyl groups excluding tert-OH is 2. The van der Waals surface area contributed by atoms with Crippen molar-refractivity contribution in [2.75, 3.05) is 6.61 Å². The molecule has 7 heteroatoms. The Balaban J connectivity index is 3.04. The zero-order valence-electron chi connectivity index (χ0n) is 9.57. The molecule has 0 aliphatic rings. The van der Waals surface area contributed by atoms with Gasteiger partial charge in [0.15, 0.2) is 5.69 Å². The highest BCUT2D eigenvalue weighted by atomic mass is 19.4. The van der Waals surface area contributed by atoms with Crippen molar-refractivity contribution in [3.05, 3.63) is 17.5 Å². The fourth-order valence-electron chi connectivity index (χ4n) is 1.45. The second-order valence-corrected chi connectivity index (χ2v) is 4.14. The Hall–Kier alpha value is -1.08. The van der Waals surface area contributed by atoms with Crippen molar-refractivity contribution >= 4 is 0 Å². The van der Waals surface area contributed by atoms with E-state index in [4.69, 9.17) is 10.2 Å². The number of rotatable bonds is 4. The summed E-state index contributed by atoms with van der Waals surface area (Å²) in [5.41, 5.74) is -0.847. The topological polar surface area (TPSA) is 58.3 Å². The monoisotopic (exact) mass is 252 g/mol. The van der Waals surface area contributed by atoms with Gasteiger partial charge in [-0.2, -0.15) is 18.3 Å². The third-order valence-electron chi connectivity index (χ3n) is 2.29. The summed E-state index contributed by atoms with van der Waals surface area (Å²) in [5, 5.41) is 21.2. The molecule has 0 amide bonds. The fourth-order valence-corrected chi connectivity index (χ4v) is 1.45. The Morgan fingerprint density at radius 3 is 2.35 bits per heavy atom. The van der Waals surface area contributed by atoms with E-state index in [9.17, 15) is 13.2 Å². The minimum Gasteiger partial charge on any atom is -0.394 e. The first-order valence-corrected chi connectivity index (χ1v) is 5.19. The first-order chi connectivity index (χ1) is 7.75. The first kappa shape index (κ1) is 14.0. The molecule has 0 radical (unpaired) electrons. The van der Waals surface area contributed by atoms with E-state index in [2.05, 4.69) is 5.10 Å². The van der Waals surface area contributed by atoms with Crippen LogP contribution in [-0.4, -0.2) is 32.7 Å². The van der Waals surface area contributed by atoms with Crippen LogP contribution in [0.5, 0.6) is 0 Å². The second kappa shape index (κ2) is 5.05. The molecule has 0 saturated heterocycles. The third-order valence-corrected chi connectivity index (χ3v) is 2.29. The van der Waals surface area contributed by atoms with Crippen molar-refractivity contribution in [3.8, 4) is 0 Å². The van der Waals surface area contributed by atoms with E-state index < -0.39 is 24.6 Å². The molecule has 4 nitrogen and oxygen atoms in total. The number of halogens is 3. The predicted molar refractivity (Wildman–Crippen MR) is 54.4 cm³/mol. The standard InChI is InChI=1S/C10H15F3N2O2/c1-6(2)8-4-15(3-7(17)5-16)14-9(8)10(11,12)13/h4,6-7,16-17H,3,5H2,1-2H3/t7-/m0/s1. The largest absolute Gasteiger partial charge is 0.435 e. The van der Waals surface area contributed by atoms with Crippen molar-refractivity contribution in [2.24, 2.45) is 0 Å². The number of hydrogen-bond acceptors (Lipinski definition) is 3. The van der Waals surface area contributed by atoms with Crippen LogP contribution in [0.4, 0.5) is 13.2 Å². The first-order valence-electron chi connectivity index (χ1n) is 5.19. The summed E-state index contributed by atoms with van der Waals surface area (Å²) >= 11 is 0. The molecule has 0 saturated carbocycles. The average molecular weight is 252 g/mol. The van der Waals surface area contributed by atoms with Crippen molar-refractivity contribution in [3.63, 3.8) is 0 Å². The number of aromatic nitrogens is 2. The van der Waals surface area contributed by atoms with E-state index in [1.807, 2.05) is 0 Å². The van der Waals surface area contributed by atoms with E-state index in [1.165, 1.54) is 6.20 Å². The SMILES string of the molecule is CC(C)c1cn(C[C@H](O)CO)nc1C(F)(F)F. The quantitative estimate of drug-likeness (QED) is 0.851. The van der Waals surface area contributed by atoms with Gasteiger partial charge in [-0.25, -0.2) is 0 Å². The van der Waals surface area contributed by atoms with Gasteiger partial charge in [-0.3, -0.25) is 4.68 Å². The molecule has 17 heavy (non-hydrogen) atoms. The molecule has 0 bridgehead atoms. The molecule has 0 aromatic carbocycles. The number of hydrogen-bond donors (Lipinski definition) is 2. The summed E-state index contributed by atoms with van der Waals surface area (Å²) in [6.45, 7) is 2.60. The van der Waals surface area contributed by atoms with Crippen molar-refractivity contribution in [2.45, 2.75) is 38.6 Å². The van der Waals surface area contributed by atoms with Gasteiger partial charge in [-0.05, 0) is 5.92 Å². The van der Waals surface area contributed by atoms with Crippen LogP contribution in [0.15, 0.2) is 6.20 Å². The average Bonchev–Trinajstić information content (AvgIpc) is 2.61. The predicted octanol–water partition coefficient (Wildman–Crippen LogP) is 1.38. The molecule has 1 aromatic heterocycles. The smallest absolute Gasteiger partial charge is 0.394 e. The summed E-state index contributed by atoms with van der Waals surface area (Å²) in [6.07, 6.45) is -4.36. The van der Waals surface area contributed by atoms with Gasteiger partial charge >= 0.3 is 6.18 Å². The van der Waals surface area contributed by atoms with Crippen LogP contribution >= 0.6 is 0 Å². The Bertz CT molecular complexity index is 374. The molecule has 1 heterocycles. The maximum atomic E-state index is 12.7. The van der Waals surface area contributed by atoms with E-state index in [1.54, 1.807) is 13.8 Å². The van der Waals surface area contributed by atoms with E-state index in [0.29, 0.717) is 0 Å². The third kappa shape index (κ3) is 3.44. The highest BCUT2D eigenvalue weighted by Gasteiger charge is 2.37. The molecule has 0 aliphatic heterocycles. The number of aliphatic hydroxyl groups is 2. The number of nitrogens with zero attached hydrogens (tertiary/aromatic N) is 2. The molecule has 1 aromatic rings. The summed E-state index contributed by atoms with van der Waals surface area (Å²) in [4.78, 5) is 0. The molecule has 0 unspecified atom stereocenters. The Morgan fingerprint density at radius 2 is 2.00 bits per heavy atom. The van der Waals surface area contributed by atoms with Crippen molar-refractivity contribution in [1.29, 1.82) is 0 Å². The van der Waals surface area contributed by atoms with Crippen LogP contribution < -0.4 is 0 Å². The van der Waals surface area contributed by atoms with E-state index in [-0.39, 0.29) is 18.0 Å². The molecule has 1 rings (SSSR count). The molecule has 0 aliphatic carbocycles. The Morgan fingerprint density at radius 1 is 1.41 bits per heavy atom. The minimum atomic E-state index is -4.50. The van der Waals surface area contributed by atoms with Crippen LogP contribution in [0.25, 0.3) is 0 Å². The Labute approximate surface area is 96.7 Å². The lowest BCUT2D eigenvalue weighted by Crippen LogP contribution is -2.20. The van der Waals surface area contributed by atoms with Crippen molar-refractivity contribution < 1.29 is 23.4 Å². The van der Waals surface area contributed by atoms with Gasteiger partial charge in [0.2, 0.25) is 0 Å². The highest BCUT2D eigenvalue weighted by molar-refractivity contribution is 5.23. The van der Waals surface area contributed by atoms with Gasteiger partial charge < -0.3 is 10.2 Å². The fraction of sp³-hybridized carbons (Fsp3) is 0.700. The lowest BCUT2D eigenvalue weighted by molar-refractivity contribution is -0.142. The van der Waals surface area contributed by atoms with Gasteiger partial charge in [-0.1, -0.05) is 13.8 Å². The molecule has 0 spiro atoms. The van der Waals surface area contributed by atoms with Crippen LogP contribution in [0.2, 0.25) is 0 Å². The lowest BCUT2D eigenvalue weighted by atomic mass is 10.0. The van der Waals surface area contributed by atoms with Crippen LogP contribution in [0, 0.1) is 0 Å². The van der Waals surface area contributed by atoms with Gasteiger partial charge in [-0.15, -0.1) is 0 Å². The molecule has 0 fully saturated rings. The Kier molecular flexibility index (Phi) is 4.16. The molecule has 2 N–H and O–H groups in total. The molecular weight excluding hydrogens is 237 g/mol. The summed E-state index contributed by atoms with van der Waals surface area (Å²) in [7, 11) is 0. The second-order valence-electron chi connectivity index (χ2n) is 4.14. The minimum absolute atomic E-state index is 0.0858. The lowest BCUT2D eigenvalue weighted by Gasteiger charge is -2.07. The van der Waals surface area contributed by atoms with Crippen molar-refractivity contribution in [1.82, 2.24) is 9.78 Å². The van der Waals surface area contributed by atoms with Gasteiger partial charge in [0.1, 0.15) is 0 Å². The van der Waals surface area contributed by atoms with Gasteiger partial charge in [0, 0.05) is 11.8 Å². The summed E-state index contributed by atoms with van der Waals surface area (Å²) in [6, 6.07) is 0. The van der Waals surface area contributed by atoms with Crippen LogP contribution in [-0.2, 0) is 12.7 Å². The van der Waals surface area contributed by atoms with Crippen LogP contribution in [0.1, 0.15) is 31.0 Å². The zero-order valence-corrected chi connectivity index (χ0v) is 9.57. The number of alkyl halides is 3. The molecular formula is C10H15F3N2O2. The molecule has 1 atom stereocenters. The zero-order chi connectivity index (χ0) is 13.2. The van der Waals surface area contributed by atoms with Gasteiger partial charge in [0.05, 0.1) is 19.3 Å². The summed E-state index contributed by atoms with van der Waals surface area (Å²) in [5.74, 6) is -0.313. The maximum Gasteiger partial charge on any atom is 0.435 e. The van der Waals surface area contributed by atoms with Crippen LogP contribution in [0.3, 0.4) is 0 Å². The van der Waals surface area contributed by atoms with E-state index >= 15 is 0 Å². The maximum absolute atomic E-state index is 12.7. The highest BCUT2D eigenvalue weighted by Crippen LogP contribution is 2.33. The van der Waals surface area contributed by atoms with E-state index in [0.717, 1.165) is 4.68 Å². The normalized spacial score (nSPS) is 14.4. The molecule has 98 valence electrons. The van der Waals surface area contributed by atoms with Gasteiger partial charge in [0.25, 0.3) is 0 Å². The summed E-state index contributed by atoms with van der Waals surface area (Å²) < 4.78 is 39.0.